The van der Waals surface area contributed by atoms with Crippen LogP contribution in [0.3, 0.4) is 0 Å². The lowest BCUT2D eigenvalue weighted by Crippen LogP contribution is -2.27. The summed E-state index contributed by atoms with van der Waals surface area (Å²) in [5, 5.41) is 0. The molecule has 0 aromatic carbocycles. The van der Waals surface area contributed by atoms with Gasteiger partial charge in [0.15, 0.2) is 0 Å². The number of hydrogen-bond donors (Lipinski definition) is 0. The molecule has 0 unspecified atom stereocenters. The van der Waals surface area contributed by atoms with Crippen molar-refractivity contribution in [3.8, 4) is 0 Å². The molecule has 0 radical (unpaired) electrons. The number of carbonyl (C=O) groups excluding carboxylic acids is 2. The molecule has 0 atom stereocenters. The molecular formula is C12H22O4. The van der Waals surface area contributed by atoms with E-state index < -0.39 is 5.41 Å². The minimum Gasteiger partial charge on any atom is -0.462 e. The number of carbonyl (C=O) groups is 2. The minimum atomic E-state index is -0.465. The first kappa shape index (κ1) is 14.9. The van der Waals surface area contributed by atoms with Gasteiger partial charge in [0.05, 0.1) is 5.41 Å². The molecule has 0 rings (SSSR count). The molecule has 4 heteroatoms. The maximum Gasteiger partial charge on any atom is 0.311 e. The van der Waals surface area contributed by atoms with Gasteiger partial charge in [-0.15, -0.1) is 0 Å². The third-order valence-corrected chi connectivity index (χ3v) is 2.47. The van der Waals surface area contributed by atoms with E-state index in [4.69, 9.17) is 9.47 Å². The van der Waals surface area contributed by atoms with Crippen molar-refractivity contribution in [1.82, 2.24) is 0 Å². The van der Waals surface area contributed by atoms with Crippen LogP contribution in [0.2, 0.25) is 0 Å². The summed E-state index contributed by atoms with van der Waals surface area (Å²) >= 11 is 0. The summed E-state index contributed by atoms with van der Waals surface area (Å²) in [6.45, 7) is 7.78. The highest BCUT2D eigenvalue weighted by molar-refractivity contribution is 5.75. The van der Waals surface area contributed by atoms with Gasteiger partial charge in [0.25, 0.3) is 0 Å². The summed E-state index contributed by atoms with van der Waals surface area (Å²) in [6, 6.07) is 0. The molecule has 0 saturated heterocycles. The van der Waals surface area contributed by atoms with E-state index in [1.165, 1.54) is 0 Å². The van der Waals surface area contributed by atoms with Gasteiger partial charge in [0.1, 0.15) is 13.2 Å². The van der Waals surface area contributed by atoms with Crippen molar-refractivity contribution < 1.29 is 19.1 Å². The fraction of sp³-hybridized carbons (Fsp3) is 0.833. The number of rotatable bonds is 7. The first-order valence-corrected chi connectivity index (χ1v) is 5.77. The van der Waals surface area contributed by atoms with Crippen LogP contribution >= 0.6 is 0 Å². The zero-order valence-electron chi connectivity index (χ0n) is 10.7. The molecule has 0 aromatic heterocycles. The van der Waals surface area contributed by atoms with E-state index in [9.17, 15) is 9.59 Å². The minimum absolute atomic E-state index is 0.137. The largest absolute Gasteiger partial charge is 0.462 e. The highest BCUT2D eigenvalue weighted by Gasteiger charge is 2.26. The van der Waals surface area contributed by atoms with E-state index in [1.54, 1.807) is 0 Å². The van der Waals surface area contributed by atoms with Crippen LogP contribution in [0.5, 0.6) is 0 Å². The lowest BCUT2D eigenvalue weighted by molar-refractivity contribution is -0.159. The van der Waals surface area contributed by atoms with Crippen molar-refractivity contribution in [3.63, 3.8) is 0 Å². The maximum atomic E-state index is 11.5. The average molecular weight is 230 g/mol. The average Bonchev–Trinajstić information content (AvgIpc) is 2.24. The first-order valence-electron chi connectivity index (χ1n) is 5.77. The van der Waals surface area contributed by atoms with Crippen molar-refractivity contribution in [2.45, 2.75) is 47.0 Å². The molecule has 94 valence electrons. The Morgan fingerprint density at radius 3 is 2.12 bits per heavy atom. The highest BCUT2D eigenvalue weighted by Crippen LogP contribution is 2.21. The van der Waals surface area contributed by atoms with Crippen LogP contribution in [-0.2, 0) is 19.1 Å². The van der Waals surface area contributed by atoms with Crippen molar-refractivity contribution in [2.24, 2.45) is 5.41 Å². The molecule has 0 saturated carbocycles. The summed E-state index contributed by atoms with van der Waals surface area (Å²) in [7, 11) is 0. The van der Waals surface area contributed by atoms with Crippen LogP contribution in [-0.4, -0.2) is 25.2 Å². The molecule has 0 fully saturated rings. The summed E-state index contributed by atoms with van der Waals surface area (Å²) < 4.78 is 9.87. The molecule has 4 nitrogen and oxygen atoms in total. The van der Waals surface area contributed by atoms with Crippen LogP contribution in [0, 0.1) is 5.41 Å². The second kappa shape index (κ2) is 7.25. The second-order valence-corrected chi connectivity index (χ2v) is 4.34. The van der Waals surface area contributed by atoms with Gasteiger partial charge in [-0.05, 0) is 26.7 Å². The molecule has 0 aliphatic carbocycles. The van der Waals surface area contributed by atoms with Crippen molar-refractivity contribution in [3.05, 3.63) is 0 Å². The fourth-order valence-electron chi connectivity index (χ4n) is 0.906. The lowest BCUT2D eigenvalue weighted by Gasteiger charge is -2.20. The summed E-state index contributed by atoms with van der Waals surface area (Å²) in [6.07, 6.45) is 1.90. The van der Waals surface area contributed by atoms with E-state index in [0.717, 1.165) is 12.8 Å². The van der Waals surface area contributed by atoms with Gasteiger partial charge in [-0.3, -0.25) is 9.59 Å². The molecule has 0 amide bonds. The molecule has 0 bridgehead atoms. The number of ether oxygens (including phenoxy) is 2. The maximum absolute atomic E-state index is 11.5. The number of esters is 2. The number of hydrogen-bond acceptors (Lipinski definition) is 4. The van der Waals surface area contributed by atoms with Crippen LogP contribution in [0.1, 0.15) is 47.0 Å². The van der Waals surface area contributed by atoms with Gasteiger partial charge < -0.3 is 9.47 Å². The van der Waals surface area contributed by atoms with Crippen LogP contribution < -0.4 is 0 Å². The Morgan fingerprint density at radius 2 is 1.62 bits per heavy atom. The Balaban J connectivity index is 3.67. The monoisotopic (exact) mass is 230 g/mol. The predicted molar refractivity (Wildman–Crippen MR) is 60.9 cm³/mol. The third-order valence-electron chi connectivity index (χ3n) is 2.47. The predicted octanol–water partition coefficient (Wildman–Crippen LogP) is 2.31. The topological polar surface area (TPSA) is 52.6 Å². The van der Waals surface area contributed by atoms with E-state index in [2.05, 4.69) is 0 Å². The normalized spacial score (nSPS) is 11.0. The second-order valence-electron chi connectivity index (χ2n) is 4.34. The molecule has 0 aliphatic rings. The van der Waals surface area contributed by atoms with Crippen LogP contribution in [0.25, 0.3) is 0 Å². The van der Waals surface area contributed by atoms with E-state index in [-0.39, 0.29) is 25.2 Å². The van der Waals surface area contributed by atoms with Gasteiger partial charge >= 0.3 is 11.9 Å². The molecule has 0 aliphatic heterocycles. The van der Waals surface area contributed by atoms with Crippen LogP contribution in [0.4, 0.5) is 0 Å². The van der Waals surface area contributed by atoms with Gasteiger partial charge in [0.2, 0.25) is 0 Å². The van der Waals surface area contributed by atoms with Crippen molar-refractivity contribution >= 4 is 11.9 Å². The lowest BCUT2D eigenvalue weighted by atomic mass is 9.91. The van der Waals surface area contributed by atoms with E-state index >= 15 is 0 Å². The van der Waals surface area contributed by atoms with Gasteiger partial charge in [0, 0.05) is 6.42 Å². The zero-order chi connectivity index (χ0) is 12.6. The van der Waals surface area contributed by atoms with E-state index in [1.807, 2.05) is 27.7 Å². The Bertz CT molecular complexity index is 233. The highest BCUT2D eigenvalue weighted by atomic mass is 16.6. The zero-order valence-corrected chi connectivity index (χ0v) is 10.7. The smallest absolute Gasteiger partial charge is 0.311 e. The Hall–Kier alpha value is -1.06. The molecule has 0 aromatic rings. The van der Waals surface area contributed by atoms with Gasteiger partial charge in [-0.25, -0.2) is 0 Å². The SMILES string of the molecule is CCCC(=O)OCCOC(=O)C(C)(C)CC. The third kappa shape index (κ3) is 5.73. The quantitative estimate of drug-likeness (QED) is 0.497. The first-order chi connectivity index (χ1) is 7.44. The molecular weight excluding hydrogens is 208 g/mol. The van der Waals surface area contributed by atoms with E-state index in [0.29, 0.717) is 6.42 Å². The van der Waals surface area contributed by atoms with Crippen LogP contribution in [0.15, 0.2) is 0 Å². The Labute approximate surface area is 97.3 Å². The van der Waals surface area contributed by atoms with Gasteiger partial charge in [-0.1, -0.05) is 13.8 Å². The standard InChI is InChI=1S/C12H22O4/c1-5-7-10(13)15-8-9-16-11(14)12(3,4)6-2/h5-9H2,1-4H3. The Kier molecular flexibility index (Phi) is 6.77. The summed E-state index contributed by atoms with van der Waals surface area (Å²) in [5.41, 5.74) is -0.465. The summed E-state index contributed by atoms with van der Waals surface area (Å²) in [5.74, 6) is -0.491. The molecule has 0 spiro atoms. The van der Waals surface area contributed by atoms with Crippen molar-refractivity contribution in [1.29, 1.82) is 0 Å². The summed E-state index contributed by atoms with van der Waals surface area (Å²) in [4.78, 5) is 22.5. The molecule has 0 heterocycles. The van der Waals surface area contributed by atoms with Gasteiger partial charge in [-0.2, -0.15) is 0 Å². The fourth-order valence-corrected chi connectivity index (χ4v) is 0.906. The Morgan fingerprint density at radius 1 is 1.06 bits per heavy atom. The molecule has 0 N–H and O–H groups in total. The molecule has 16 heavy (non-hydrogen) atoms. The van der Waals surface area contributed by atoms with Crippen molar-refractivity contribution in [2.75, 3.05) is 13.2 Å².